The van der Waals surface area contributed by atoms with E-state index < -0.39 is 96.0 Å². The molecule has 2 heterocycles. The fourth-order valence-corrected chi connectivity index (χ4v) is 4.84. The fraction of sp³-hybridized carbons (Fsp3) is 0.429. The summed E-state index contributed by atoms with van der Waals surface area (Å²) in [6, 6.07) is 2.00. The Hall–Kier alpha value is -0.152. The van der Waals surface area contributed by atoms with Crippen molar-refractivity contribution in [3.05, 3.63) is 67.4 Å². The van der Waals surface area contributed by atoms with Crippen molar-refractivity contribution in [3.63, 3.8) is 0 Å². The van der Waals surface area contributed by atoms with E-state index in [2.05, 4.69) is 31.9 Å². The van der Waals surface area contributed by atoms with Crippen LogP contribution >= 0.6 is 15.6 Å². The predicted molar refractivity (Wildman–Crippen MR) is 131 cm³/mol. The van der Waals surface area contributed by atoms with Crippen molar-refractivity contribution in [1.82, 2.24) is 9.13 Å². The maximum Gasteiger partial charge on any atom is 0.269 e. The smallest absolute Gasteiger partial charge is 0.269 e. The number of benzene rings is 1. The normalized spacial score (nSPS) is 16.0. The zero-order valence-corrected chi connectivity index (χ0v) is 28.9. The minimum absolute atomic E-state index is 0. The molecule has 0 bridgehead atoms. The Bertz CT molecular complexity index is 1570. The number of fused-ring (bicyclic) bond motifs is 2. The number of hydrogen-bond acceptors (Lipinski definition) is 14. The van der Waals surface area contributed by atoms with Gasteiger partial charge in [-0.3, -0.25) is 37.4 Å². The standard InChI is InChI=1S/C21H26N2O14P2.2Y/c1-12(7-24)9-35-38(30,31)34-4-3-22-18(26)14-5-16-17(6-15(14)19(22)27)21(29)23(20(16)28)11-37-39(32,33)36-10-13(2)8-25;;/h5-6,12-13,24-25H,1-4,7-11H2,(H,30,31)(H,32,33);;/q-2;;/p-2. The zero-order chi connectivity index (χ0) is 29.1. The van der Waals surface area contributed by atoms with Crippen LogP contribution < -0.4 is 32.0 Å². The molecule has 0 aliphatic heterocycles. The Morgan fingerprint density at radius 3 is 1.46 bits per heavy atom. The van der Waals surface area contributed by atoms with Crippen LogP contribution in [0.25, 0.3) is 21.5 Å². The van der Waals surface area contributed by atoms with Gasteiger partial charge in [-0.15, -0.1) is 11.8 Å². The molecule has 2 radical (unpaired) electrons. The summed E-state index contributed by atoms with van der Waals surface area (Å²) in [5.74, 6) is -1.49. The number of hydrogen-bond donors (Lipinski definition) is 2. The van der Waals surface area contributed by atoms with E-state index in [-0.39, 0.29) is 87.0 Å². The van der Waals surface area contributed by atoms with Crippen molar-refractivity contribution in [3.8, 4) is 0 Å². The van der Waals surface area contributed by atoms with E-state index in [9.17, 15) is 38.1 Å². The molecule has 4 unspecified atom stereocenters. The van der Waals surface area contributed by atoms with Gasteiger partial charge in [-0.2, -0.15) is 0 Å². The summed E-state index contributed by atoms with van der Waals surface area (Å²) in [4.78, 5) is 74.7. The van der Waals surface area contributed by atoms with Gasteiger partial charge in [0.2, 0.25) is 0 Å². The zero-order valence-electron chi connectivity index (χ0n) is 21.4. The maximum atomic E-state index is 12.8. The summed E-state index contributed by atoms with van der Waals surface area (Å²) in [5.41, 5.74) is -3.78. The minimum Gasteiger partial charge on any atom is -0.756 e. The third-order valence-corrected chi connectivity index (χ3v) is 7.28. The maximum absolute atomic E-state index is 12.8. The topological polar surface area (TPSA) is 236 Å². The summed E-state index contributed by atoms with van der Waals surface area (Å²) in [6.45, 7) is 2.82. The van der Waals surface area contributed by atoms with Gasteiger partial charge in [0.05, 0.1) is 34.7 Å². The molecule has 16 nitrogen and oxygen atoms in total. The number of aromatic nitrogens is 2. The number of rotatable bonds is 15. The molecule has 2 N–H and O–H groups in total. The molecule has 0 aliphatic carbocycles. The predicted octanol–water partition coefficient (Wildman–Crippen LogP) is -2.25. The van der Waals surface area contributed by atoms with Gasteiger partial charge < -0.3 is 47.4 Å². The third kappa shape index (κ3) is 9.67. The van der Waals surface area contributed by atoms with Crippen LogP contribution in [0, 0.1) is 25.7 Å². The fourth-order valence-electron chi connectivity index (χ4n) is 3.34. The van der Waals surface area contributed by atoms with E-state index in [1.54, 1.807) is 0 Å². The first-order valence-electron chi connectivity index (χ1n) is 11.2. The molecule has 3 rings (SSSR count). The molecule has 41 heavy (non-hydrogen) atoms. The monoisotopic (exact) mass is 768 g/mol. The molecular weight excluding hydrogens is 744 g/mol. The average Bonchev–Trinajstić information content (AvgIpc) is 3.27. The Morgan fingerprint density at radius 1 is 0.707 bits per heavy atom. The van der Waals surface area contributed by atoms with Gasteiger partial charge in [0.1, 0.15) is 6.73 Å². The Balaban J connectivity index is 0.00000420. The molecule has 20 heteroatoms. The summed E-state index contributed by atoms with van der Waals surface area (Å²) in [7, 11) is -9.79. The Labute approximate surface area is 282 Å². The molecule has 1 aromatic carbocycles. The van der Waals surface area contributed by atoms with Gasteiger partial charge in [-0.25, -0.2) is 4.57 Å². The first kappa shape index (κ1) is 38.9. The van der Waals surface area contributed by atoms with Crippen LogP contribution in [0.1, 0.15) is 0 Å². The molecule has 0 aliphatic rings. The summed E-state index contributed by atoms with van der Waals surface area (Å²) < 4.78 is 43.0. The van der Waals surface area contributed by atoms with Crippen molar-refractivity contribution in [2.24, 2.45) is 11.8 Å². The third-order valence-electron chi connectivity index (χ3n) is 5.42. The van der Waals surface area contributed by atoms with Crippen LogP contribution in [-0.2, 0) is 106 Å². The van der Waals surface area contributed by atoms with Crippen molar-refractivity contribution < 1.29 is 113 Å². The largest absolute Gasteiger partial charge is 0.756 e. The molecule has 0 saturated carbocycles. The van der Waals surface area contributed by atoms with Crippen molar-refractivity contribution in [1.29, 1.82) is 0 Å². The van der Waals surface area contributed by atoms with Gasteiger partial charge in [-0.1, -0.05) is 0 Å². The van der Waals surface area contributed by atoms with E-state index in [0.717, 1.165) is 12.1 Å². The van der Waals surface area contributed by atoms with Crippen molar-refractivity contribution in [2.45, 2.75) is 13.3 Å². The molecule has 4 atom stereocenters. The number of aliphatic hydroxyl groups is 2. The number of phosphoric acid groups is 2. The number of phosphoric ester groups is 2. The van der Waals surface area contributed by atoms with E-state index in [1.807, 2.05) is 0 Å². The molecule has 2 aromatic heterocycles. The Morgan fingerprint density at radius 2 is 1.07 bits per heavy atom. The molecule has 3 aromatic rings. The Kier molecular flexibility index (Phi) is 15.4. The second kappa shape index (κ2) is 16.2. The quantitative estimate of drug-likeness (QED) is 0.123. The number of aliphatic hydroxyl groups excluding tert-OH is 2. The van der Waals surface area contributed by atoms with Gasteiger partial charge in [0, 0.05) is 91.8 Å². The van der Waals surface area contributed by atoms with Gasteiger partial charge in [-0.05, 0) is 12.1 Å². The van der Waals surface area contributed by atoms with E-state index in [4.69, 9.17) is 10.2 Å². The van der Waals surface area contributed by atoms with Crippen LogP contribution in [0.4, 0.5) is 0 Å². The van der Waals surface area contributed by atoms with Gasteiger partial charge in [0.15, 0.2) is 0 Å². The molecule has 222 valence electrons. The summed E-state index contributed by atoms with van der Waals surface area (Å²) in [5, 5.41) is 16.7. The minimum atomic E-state index is -4.98. The van der Waals surface area contributed by atoms with E-state index in [0.29, 0.717) is 9.13 Å². The SMILES string of the molecule is [CH2-]C(CO)COP(=O)([O-])OCCn1c(=O)c2cc3c(=O)n(COP(=O)([O-])OCC([CH2-])CO)c(=O)c3cc2c1=O.[Y].[Y]. The van der Waals surface area contributed by atoms with Crippen molar-refractivity contribution >= 4 is 37.2 Å². The van der Waals surface area contributed by atoms with Crippen LogP contribution in [0.3, 0.4) is 0 Å². The summed E-state index contributed by atoms with van der Waals surface area (Å²) in [6.07, 6.45) is 0. The number of nitrogens with zero attached hydrogens (tertiary/aromatic N) is 2. The van der Waals surface area contributed by atoms with Crippen LogP contribution in [0.5, 0.6) is 0 Å². The first-order valence-corrected chi connectivity index (χ1v) is 14.1. The first-order chi connectivity index (χ1) is 18.2. The van der Waals surface area contributed by atoms with E-state index >= 15 is 0 Å². The van der Waals surface area contributed by atoms with Crippen LogP contribution in [-0.4, -0.2) is 52.4 Å². The second-order valence-electron chi connectivity index (χ2n) is 8.42. The van der Waals surface area contributed by atoms with Crippen molar-refractivity contribution in [2.75, 3.05) is 33.0 Å². The molecule has 0 saturated heterocycles. The molecule has 0 spiro atoms. The molecule has 0 fully saturated rings. The van der Waals surface area contributed by atoms with Gasteiger partial charge >= 0.3 is 0 Å². The van der Waals surface area contributed by atoms with Crippen LogP contribution in [0.2, 0.25) is 0 Å². The van der Waals surface area contributed by atoms with Gasteiger partial charge in [0.25, 0.3) is 37.9 Å². The summed E-state index contributed by atoms with van der Waals surface area (Å²) >= 11 is 0. The molecule has 0 amide bonds. The molecular formula is C21H24N2O14P2Y2-4. The van der Waals surface area contributed by atoms with E-state index in [1.165, 1.54) is 0 Å². The average molecular weight is 768 g/mol. The van der Waals surface area contributed by atoms with Crippen LogP contribution in [0.15, 0.2) is 31.3 Å². The second-order valence-corrected chi connectivity index (χ2v) is 11.2.